The van der Waals surface area contributed by atoms with E-state index in [0.717, 1.165) is 0 Å². The van der Waals surface area contributed by atoms with Crippen molar-refractivity contribution in [3.63, 3.8) is 0 Å². The molecule has 1 aromatic heterocycles. The molecule has 5 nitrogen and oxygen atoms in total. The minimum absolute atomic E-state index is 0.112. The highest BCUT2D eigenvalue weighted by Crippen LogP contribution is 2.28. The van der Waals surface area contributed by atoms with Crippen LogP contribution in [0.25, 0.3) is 0 Å². The van der Waals surface area contributed by atoms with Gasteiger partial charge in [-0.3, -0.25) is 9.78 Å². The topological polar surface area (TPSA) is 76.2 Å². The van der Waals surface area contributed by atoms with Crippen LogP contribution in [0.15, 0.2) is 15.8 Å². The van der Waals surface area contributed by atoms with Crippen molar-refractivity contribution in [2.75, 3.05) is 0 Å². The third-order valence-corrected chi connectivity index (χ3v) is 2.96. The summed E-state index contributed by atoms with van der Waals surface area (Å²) in [5, 5.41) is 0. The van der Waals surface area contributed by atoms with E-state index >= 15 is 0 Å². The highest BCUT2D eigenvalue weighted by Gasteiger charge is 2.34. The average Bonchev–Trinajstić information content (AvgIpc) is 2.06. The third kappa shape index (κ3) is 3.63. The van der Waals surface area contributed by atoms with Crippen LogP contribution in [-0.2, 0) is 9.05 Å². The maximum Gasteiger partial charge on any atom is 0.574 e. The number of hydrogen-bond donors (Lipinski definition) is 1. The van der Waals surface area contributed by atoms with Gasteiger partial charge >= 0.3 is 6.36 Å². The van der Waals surface area contributed by atoms with E-state index < -0.39 is 31.7 Å². The zero-order valence-electron chi connectivity index (χ0n) is 8.13. The largest absolute Gasteiger partial charge is 0.574 e. The van der Waals surface area contributed by atoms with Gasteiger partial charge in [0.05, 0.1) is 0 Å². The third-order valence-electron chi connectivity index (χ3n) is 1.64. The highest BCUT2D eigenvalue weighted by atomic mass is 35.7. The Morgan fingerprint density at radius 1 is 1.41 bits per heavy atom. The molecule has 0 bridgehead atoms. The molecule has 0 aliphatic heterocycles. The number of H-pyrrole nitrogens is 1. The summed E-state index contributed by atoms with van der Waals surface area (Å²) in [6.45, 7) is 1.21. The molecule has 0 radical (unpaired) electrons. The first-order chi connectivity index (χ1) is 7.50. The fourth-order valence-corrected chi connectivity index (χ4v) is 1.94. The van der Waals surface area contributed by atoms with E-state index in [2.05, 4.69) is 4.74 Å². The molecule has 0 saturated carbocycles. The fourth-order valence-electron chi connectivity index (χ4n) is 0.964. The van der Waals surface area contributed by atoms with Crippen LogP contribution in [0.3, 0.4) is 0 Å². The van der Waals surface area contributed by atoms with Crippen LogP contribution >= 0.6 is 10.7 Å². The van der Waals surface area contributed by atoms with Crippen LogP contribution in [0.4, 0.5) is 13.2 Å². The van der Waals surface area contributed by atoms with Crippen LogP contribution in [0.5, 0.6) is 5.88 Å². The summed E-state index contributed by atoms with van der Waals surface area (Å²) in [4.78, 5) is 11.8. The molecule has 0 aliphatic carbocycles. The van der Waals surface area contributed by atoms with Crippen molar-refractivity contribution in [3.05, 3.63) is 22.0 Å². The van der Waals surface area contributed by atoms with E-state index in [9.17, 15) is 26.4 Å². The molecular weight excluding hydrogens is 287 g/mol. The summed E-state index contributed by atoms with van der Waals surface area (Å²) >= 11 is 0. The lowest BCUT2D eigenvalue weighted by atomic mass is 10.3. The maximum atomic E-state index is 12.0. The van der Waals surface area contributed by atoms with Gasteiger partial charge in [0.1, 0.15) is 4.90 Å². The fraction of sp³-hybridized carbons (Fsp3) is 0.286. The molecule has 0 saturated heterocycles. The predicted octanol–water partition coefficient (Wildman–Crippen LogP) is 1.51. The second-order valence-electron chi connectivity index (χ2n) is 2.96. The van der Waals surface area contributed by atoms with Crippen molar-refractivity contribution in [3.8, 4) is 5.88 Å². The average molecular weight is 292 g/mol. The number of nitrogens with one attached hydrogen (secondary N) is 1. The molecule has 0 unspecified atom stereocenters. The first kappa shape index (κ1) is 13.8. The minimum Gasteiger partial charge on any atom is -0.388 e. The number of ether oxygens (including phenoxy) is 1. The van der Waals surface area contributed by atoms with Gasteiger partial charge in [0.2, 0.25) is 5.88 Å². The van der Waals surface area contributed by atoms with Gasteiger partial charge in [0, 0.05) is 16.2 Å². The van der Waals surface area contributed by atoms with E-state index in [0.29, 0.717) is 6.07 Å². The number of alkyl halides is 3. The van der Waals surface area contributed by atoms with Crippen molar-refractivity contribution < 1.29 is 26.3 Å². The quantitative estimate of drug-likeness (QED) is 0.838. The number of aromatic amines is 1. The van der Waals surface area contributed by atoms with Gasteiger partial charge in [0.15, 0.2) is 0 Å². The van der Waals surface area contributed by atoms with Crippen molar-refractivity contribution in [1.29, 1.82) is 0 Å². The Hall–Kier alpha value is -1.22. The minimum atomic E-state index is -5.14. The molecule has 0 aliphatic rings. The Balaban J connectivity index is 3.48. The molecule has 1 rings (SSSR count). The number of pyridine rings is 1. The van der Waals surface area contributed by atoms with Crippen molar-refractivity contribution in [2.24, 2.45) is 0 Å². The van der Waals surface area contributed by atoms with E-state index in [4.69, 9.17) is 10.7 Å². The van der Waals surface area contributed by atoms with E-state index in [-0.39, 0.29) is 5.56 Å². The first-order valence-corrected chi connectivity index (χ1v) is 6.26. The second kappa shape index (κ2) is 4.22. The molecule has 1 aromatic rings. The molecule has 17 heavy (non-hydrogen) atoms. The molecule has 96 valence electrons. The lowest BCUT2D eigenvalue weighted by Gasteiger charge is -2.11. The number of halogens is 4. The van der Waals surface area contributed by atoms with E-state index in [1.54, 1.807) is 4.98 Å². The van der Waals surface area contributed by atoms with Gasteiger partial charge < -0.3 is 4.74 Å². The lowest BCUT2D eigenvalue weighted by molar-refractivity contribution is -0.277. The highest BCUT2D eigenvalue weighted by molar-refractivity contribution is 8.13. The maximum absolute atomic E-state index is 12.0. The molecule has 0 spiro atoms. The first-order valence-electron chi connectivity index (χ1n) is 3.95. The summed E-state index contributed by atoms with van der Waals surface area (Å²) in [6.07, 6.45) is -5.14. The van der Waals surface area contributed by atoms with E-state index in [1.165, 1.54) is 6.92 Å². The van der Waals surface area contributed by atoms with Gasteiger partial charge in [-0.1, -0.05) is 0 Å². The molecule has 10 heteroatoms. The smallest absolute Gasteiger partial charge is 0.388 e. The molecular formula is C7H5ClF3NO4S. The van der Waals surface area contributed by atoms with Crippen molar-refractivity contribution >= 4 is 19.7 Å². The number of aromatic nitrogens is 1. The molecule has 1 N–H and O–H groups in total. The Morgan fingerprint density at radius 3 is 2.35 bits per heavy atom. The standard InChI is InChI=1S/C7H5ClF3NO4S/c1-3-2-4(17(8,14)15)6(12-5(3)13)16-7(9,10)11/h2H,1H3,(H,12,13). The number of rotatable bonds is 2. The number of aryl methyl sites for hydroxylation is 1. The molecule has 0 fully saturated rings. The molecule has 0 amide bonds. The van der Waals surface area contributed by atoms with Gasteiger partial charge in [0.25, 0.3) is 14.6 Å². The van der Waals surface area contributed by atoms with Crippen LogP contribution in [0, 0.1) is 6.92 Å². The summed E-state index contributed by atoms with van der Waals surface area (Å²) in [6, 6.07) is 0.697. The summed E-state index contributed by atoms with van der Waals surface area (Å²) < 4.78 is 61.3. The Kier molecular flexibility index (Phi) is 3.44. The van der Waals surface area contributed by atoms with E-state index in [1.807, 2.05) is 0 Å². The lowest BCUT2D eigenvalue weighted by Crippen LogP contribution is -2.22. The van der Waals surface area contributed by atoms with Gasteiger partial charge in [-0.2, -0.15) is 0 Å². The van der Waals surface area contributed by atoms with Crippen LogP contribution < -0.4 is 10.3 Å². The van der Waals surface area contributed by atoms with Crippen LogP contribution in [0.1, 0.15) is 5.56 Å². The summed E-state index contributed by atoms with van der Waals surface area (Å²) in [7, 11) is 0.452. The van der Waals surface area contributed by atoms with Crippen LogP contribution in [0.2, 0.25) is 0 Å². The van der Waals surface area contributed by atoms with Crippen molar-refractivity contribution in [1.82, 2.24) is 4.98 Å². The van der Waals surface area contributed by atoms with Crippen LogP contribution in [-0.4, -0.2) is 19.8 Å². The zero-order chi connectivity index (χ0) is 13.4. The normalized spacial score (nSPS) is 12.5. The monoisotopic (exact) mass is 291 g/mol. The zero-order valence-corrected chi connectivity index (χ0v) is 9.70. The molecule has 1 heterocycles. The van der Waals surface area contributed by atoms with Crippen molar-refractivity contribution in [2.45, 2.75) is 18.2 Å². The Labute approximate surface area is 97.6 Å². The summed E-state index contributed by atoms with van der Waals surface area (Å²) in [5.41, 5.74) is -1.02. The Bertz CT molecular complexity index is 592. The molecule has 0 atom stereocenters. The summed E-state index contributed by atoms with van der Waals surface area (Å²) in [5.74, 6) is -1.26. The second-order valence-corrected chi connectivity index (χ2v) is 5.49. The van der Waals surface area contributed by atoms with Gasteiger partial charge in [-0.15, -0.1) is 13.2 Å². The van der Waals surface area contributed by atoms with Gasteiger partial charge in [-0.05, 0) is 13.0 Å². The predicted molar refractivity (Wildman–Crippen MR) is 51.5 cm³/mol. The SMILES string of the molecule is Cc1cc(S(=O)(=O)Cl)c(OC(F)(F)F)[nH]c1=O. The number of hydrogen-bond acceptors (Lipinski definition) is 4. The molecule has 0 aromatic carbocycles. The van der Waals surface area contributed by atoms with Gasteiger partial charge in [-0.25, -0.2) is 8.42 Å². The Morgan fingerprint density at radius 2 is 1.94 bits per heavy atom.